The van der Waals surface area contributed by atoms with E-state index in [-0.39, 0.29) is 25.3 Å². The molecule has 110 valence electrons. The molecule has 1 rings (SSSR count). The van der Waals surface area contributed by atoms with Crippen LogP contribution in [0.3, 0.4) is 0 Å². The van der Waals surface area contributed by atoms with E-state index in [9.17, 15) is 9.59 Å². The highest BCUT2D eigenvalue weighted by Gasteiger charge is 2.15. The number of halogens is 1. The van der Waals surface area contributed by atoms with E-state index >= 15 is 0 Å². The summed E-state index contributed by atoms with van der Waals surface area (Å²) in [4.78, 5) is 24.3. The first-order chi connectivity index (χ1) is 9.52. The van der Waals surface area contributed by atoms with Crippen LogP contribution >= 0.6 is 15.9 Å². The SMILES string of the molecule is COCCC(=O)N(CCC(=O)O)Cc1cccc(Br)c1. The van der Waals surface area contributed by atoms with Gasteiger partial charge < -0.3 is 14.7 Å². The number of benzene rings is 1. The fourth-order valence-corrected chi connectivity index (χ4v) is 2.17. The van der Waals surface area contributed by atoms with Gasteiger partial charge in [0.2, 0.25) is 5.91 Å². The van der Waals surface area contributed by atoms with E-state index in [0.29, 0.717) is 13.2 Å². The van der Waals surface area contributed by atoms with E-state index < -0.39 is 5.97 Å². The van der Waals surface area contributed by atoms with Crippen LogP contribution in [0, 0.1) is 0 Å². The molecule has 1 aromatic carbocycles. The number of carbonyl (C=O) groups excluding carboxylic acids is 1. The van der Waals surface area contributed by atoms with Gasteiger partial charge in [0.05, 0.1) is 19.4 Å². The molecule has 0 aliphatic heterocycles. The zero-order chi connectivity index (χ0) is 15.0. The molecule has 1 aromatic rings. The Morgan fingerprint density at radius 1 is 1.35 bits per heavy atom. The molecule has 0 atom stereocenters. The number of ether oxygens (including phenoxy) is 1. The van der Waals surface area contributed by atoms with E-state index in [0.717, 1.165) is 10.0 Å². The van der Waals surface area contributed by atoms with Crippen LogP contribution in [-0.4, -0.2) is 42.1 Å². The third-order valence-electron chi connectivity index (χ3n) is 2.73. The molecule has 20 heavy (non-hydrogen) atoms. The quantitative estimate of drug-likeness (QED) is 0.786. The Hall–Kier alpha value is -1.40. The predicted molar refractivity (Wildman–Crippen MR) is 78.3 cm³/mol. The van der Waals surface area contributed by atoms with Gasteiger partial charge in [-0.2, -0.15) is 0 Å². The minimum Gasteiger partial charge on any atom is -0.481 e. The van der Waals surface area contributed by atoms with Crippen molar-refractivity contribution in [2.45, 2.75) is 19.4 Å². The topological polar surface area (TPSA) is 66.8 Å². The maximum absolute atomic E-state index is 12.0. The molecule has 0 radical (unpaired) electrons. The van der Waals surface area contributed by atoms with Crippen molar-refractivity contribution in [3.8, 4) is 0 Å². The third kappa shape index (κ3) is 6.16. The maximum atomic E-state index is 12.0. The summed E-state index contributed by atoms with van der Waals surface area (Å²) in [6.45, 7) is 0.931. The molecule has 0 fully saturated rings. The van der Waals surface area contributed by atoms with E-state index in [4.69, 9.17) is 9.84 Å². The zero-order valence-corrected chi connectivity index (χ0v) is 12.9. The first kappa shape index (κ1) is 16.7. The minimum absolute atomic E-state index is 0.0628. The van der Waals surface area contributed by atoms with Gasteiger partial charge in [-0.05, 0) is 17.7 Å². The maximum Gasteiger partial charge on any atom is 0.305 e. The lowest BCUT2D eigenvalue weighted by atomic mass is 10.2. The number of methoxy groups -OCH3 is 1. The van der Waals surface area contributed by atoms with E-state index in [1.165, 1.54) is 7.11 Å². The van der Waals surface area contributed by atoms with Gasteiger partial charge in [-0.15, -0.1) is 0 Å². The first-order valence-electron chi connectivity index (χ1n) is 6.26. The van der Waals surface area contributed by atoms with Crippen LogP contribution in [0.4, 0.5) is 0 Å². The molecular weight excluding hydrogens is 326 g/mol. The molecule has 0 saturated heterocycles. The highest BCUT2D eigenvalue weighted by Crippen LogP contribution is 2.14. The molecule has 0 aliphatic carbocycles. The number of carbonyl (C=O) groups is 2. The largest absolute Gasteiger partial charge is 0.481 e. The Morgan fingerprint density at radius 2 is 2.10 bits per heavy atom. The number of hydrogen-bond donors (Lipinski definition) is 1. The van der Waals surface area contributed by atoms with Crippen LogP contribution in [0.1, 0.15) is 18.4 Å². The van der Waals surface area contributed by atoms with Gasteiger partial charge in [-0.3, -0.25) is 9.59 Å². The van der Waals surface area contributed by atoms with Gasteiger partial charge in [0.25, 0.3) is 0 Å². The van der Waals surface area contributed by atoms with Gasteiger partial charge in [0.15, 0.2) is 0 Å². The molecule has 0 aromatic heterocycles. The monoisotopic (exact) mass is 343 g/mol. The molecule has 0 unspecified atom stereocenters. The molecule has 0 aliphatic rings. The number of rotatable bonds is 8. The van der Waals surface area contributed by atoms with Gasteiger partial charge in [-0.1, -0.05) is 28.1 Å². The summed E-state index contributed by atoms with van der Waals surface area (Å²) in [5.74, 6) is -1.02. The van der Waals surface area contributed by atoms with Crippen LogP contribution in [-0.2, 0) is 20.9 Å². The van der Waals surface area contributed by atoms with Crippen LogP contribution < -0.4 is 0 Å². The van der Waals surface area contributed by atoms with E-state index in [2.05, 4.69) is 15.9 Å². The second-order valence-corrected chi connectivity index (χ2v) is 5.25. The molecule has 0 saturated carbocycles. The highest BCUT2D eigenvalue weighted by atomic mass is 79.9. The molecule has 5 nitrogen and oxygen atoms in total. The average Bonchev–Trinajstić information content (AvgIpc) is 2.40. The second-order valence-electron chi connectivity index (χ2n) is 4.33. The van der Waals surface area contributed by atoms with E-state index in [1.54, 1.807) is 4.90 Å². The number of amides is 1. The van der Waals surface area contributed by atoms with Gasteiger partial charge in [-0.25, -0.2) is 0 Å². The predicted octanol–water partition coefficient (Wildman–Crippen LogP) is 2.29. The summed E-state index contributed by atoms with van der Waals surface area (Å²) in [5.41, 5.74) is 0.954. The van der Waals surface area contributed by atoms with Gasteiger partial charge >= 0.3 is 5.97 Å². The lowest BCUT2D eigenvalue weighted by Crippen LogP contribution is -2.33. The molecule has 0 heterocycles. The Labute approximate surface area is 126 Å². The standard InChI is InChI=1S/C14H18BrNO4/c1-20-8-6-13(17)16(7-5-14(18)19)10-11-3-2-4-12(15)9-11/h2-4,9H,5-8,10H2,1H3,(H,18,19). The van der Waals surface area contributed by atoms with Crippen molar-refractivity contribution in [3.05, 3.63) is 34.3 Å². The number of carboxylic acids is 1. The Bertz CT molecular complexity index is 464. The van der Waals surface area contributed by atoms with Crippen LogP contribution in [0.2, 0.25) is 0 Å². The summed E-state index contributed by atoms with van der Waals surface area (Å²) >= 11 is 3.38. The summed E-state index contributed by atoms with van der Waals surface area (Å²) < 4.78 is 5.81. The Kier molecular flexibility index (Phi) is 7.25. The molecule has 0 spiro atoms. The zero-order valence-electron chi connectivity index (χ0n) is 11.3. The Morgan fingerprint density at radius 3 is 2.70 bits per heavy atom. The molecule has 1 N–H and O–H groups in total. The van der Waals surface area contributed by atoms with E-state index in [1.807, 2.05) is 24.3 Å². The smallest absolute Gasteiger partial charge is 0.305 e. The summed E-state index contributed by atoms with van der Waals surface area (Å²) in [5, 5.41) is 8.76. The van der Waals surface area contributed by atoms with Crippen molar-refractivity contribution < 1.29 is 19.4 Å². The van der Waals surface area contributed by atoms with Crippen molar-refractivity contribution in [2.75, 3.05) is 20.3 Å². The molecule has 0 bridgehead atoms. The van der Waals surface area contributed by atoms with Crippen molar-refractivity contribution in [2.24, 2.45) is 0 Å². The van der Waals surface area contributed by atoms with Crippen LogP contribution in [0.15, 0.2) is 28.7 Å². The van der Waals surface area contributed by atoms with Gasteiger partial charge in [0.1, 0.15) is 0 Å². The molecule has 1 amide bonds. The summed E-state index contributed by atoms with van der Waals surface area (Å²) in [6.07, 6.45) is 0.191. The van der Waals surface area contributed by atoms with Crippen LogP contribution in [0.25, 0.3) is 0 Å². The number of aliphatic carboxylic acids is 1. The minimum atomic E-state index is -0.913. The Balaban J connectivity index is 2.70. The van der Waals surface area contributed by atoms with Crippen LogP contribution in [0.5, 0.6) is 0 Å². The lowest BCUT2D eigenvalue weighted by molar-refractivity contribution is -0.139. The average molecular weight is 344 g/mol. The highest BCUT2D eigenvalue weighted by molar-refractivity contribution is 9.10. The second kappa shape index (κ2) is 8.71. The van der Waals surface area contributed by atoms with Crippen molar-refractivity contribution in [1.82, 2.24) is 4.90 Å². The third-order valence-corrected chi connectivity index (χ3v) is 3.22. The molecule has 6 heteroatoms. The molecular formula is C14H18BrNO4. The number of nitrogens with zero attached hydrogens (tertiary/aromatic N) is 1. The summed E-state index contributed by atoms with van der Waals surface area (Å²) in [7, 11) is 1.53. The van der Waals surface area contributed by atoms with Gasteiger partial charge in [0, 0.05) is 24.7 Å². The fraction of sp³-hybridized carbons (Fsp3) is 0.429. The van der Waals surface area contributed by atoms with Crippen molar-refractivity contribution in [3.63, 3.8) is 0 Å². The summed E-state index contributed by atoms with van der Waals surface area (Å²) in [6, 6.07) is 7.60. The number of carboxylic acid groups (broad SMARTS) is 1. The fourth-order valence-electron chi connectivity index (χ4n) is 1.73. The van der Waals surface area contributed by atoms with Crippen molar-refractivity contribution >= 4 is 27.8 Å². The first-order valence-corrected chi connectivity index (χ1v) is 7.05. The van der Waals surface area contributed by atoms with Crippen molar-refractivity contribution in [1.29, 1.82) is 0 Å². The normalized spacial score (nSPS) is 10.3. The lowest BCUT2D eigenvalue weighted by Gasteiger charge is -2.22. The number of hydrogen-bond acceptors (Lipinski definition) is 3.